The minimum atomic E-state index is -0.159. The maximum atomic E-state index is 11.7. The Hall–Kier alpha value is -1.24. The van der Waals surface area contributed by atoms with Gasteiger partial charge in [0.1, 0.15) is 6.54 Å². The van der Waals surface area contributed by atoms with Gasteiger partial charge in [-0.1, -0.05) is 0 Å². The molecule has 4 saturated carbocycles. The molecule has 17 heavy (non-hydrogen) atoms. The van der Waals surface area contributed by atoms with Crippen molar-refractivity contribution in [3.05, 3.63) is 0 Å². The minimum Gasteiger partial charge on any atom is -0.333 e. The van der Waals surface area contributed by atoms with Gasteiger partial charge in [0, 0.05) is 5.54 Å². The molecule has 0 unspecified atom stereocenters. The van der Waals surface area contributed by atoms with Gasteiger partial charge in [0.2, 0.25) is 0 Å². The van der Waals surface area contributed by atoms with Gasteiger partial charge in [-0.2, -0.15) is 5.26 Å². The van der Waals surface area contributed by atoms with E-state index in [9.17, 15) is 4.79 Å². The highest BCUT2D eigenvalue weighted by atomic mass is 16.2. The molecular weight excluding hydrogens is 214 g/mol. The summed E-state index contributed by atoms with van der Waals surface area (Å²) in [5, 5.41) is 14.2. The van der Waals surface area contributed by atoms with Crippen LogP contribution in [0.5, 0.6) is 0 Å². The van der Waals surface area contributed by atoms with Gasteiger partial charge in [-0.05, 0) is 56.3 Å². The lowest BCUT2D eigenvalue weighted by Gasteiger charge is -2.56. The second-order valence-corrected chi connectivity index (χ2v) is 6.16. The molecule has 0 saturated heterocycles. The van der Waals surface area contributed by atoms with Crippen molar-refractivity contribution < 1.29 is 4.79 Å². The molecule has 0 heterocycles. The molecule has 0 aromatic heterocycles. The van der Waals surface area contributed by atoms with Crippen LogP contribution in [0.25, 0.3) is 0 Å². The SMILES string of the molecule is N#CCNC(=O)NC12CC3CC(CC(C3)C1)C2. The van der Waals surface area contributed by atoms with Crippen molar-refractivity contribution in [3.63, 3.8) is 0 Å². The lowest BCUT2D eigenvalue weighted by molar-refractivity contribution is -0.0134. The van der Waals surface area contributed by atoms with Gasteiger partial charge in [-0.3, -0.25) is 0 Å². The largest absolute Gasteiger partial charge is 0.333 e. The van der Waals surface area contributed by atoms with Gasteiger partial charge in [0.05, 0.1) is 6.07 Å². The lowest BCUT2D eigenvalue weighted by atomic mass is 9.53. The fourth-order valence-corrected chi connectivity index (χ4v) is 4.67. The molecule has 0 aromatic carbocycles. The number of hydrogen-bond acceptors (Lipinski definition) is 2. The molecule has 4 fully saturated rings. The third-order valence-corrected chi connectivity index (χ3v) is 4.74. The van der Waals surface area contributed by atoms with Gasteiger partial charge in [-0.25, -0.2) is 4.79 Å². The number of nitrogens with one attached hydrogen (secondary N) is 2. The average molecular weight is 233 g/mol. The molecule has 2 N–H and O–H groups in total. The molecule has 0 atom stereocenters. The van der Waals surface area contributed by atoms with Crippen molar-refractivity contribution in [1.29, 1.82) is 5.26 Å². The zero-order valence-electron chi connectivity index (χ0n) is 10.0. The van der Waals surface area contributed by atoms with Crippen LogP contribution in [0.2, 0.25) is 0 Å². The van der Waals surface area contributed by atoms with Gasteiger partial charge >= 0.3 is 6.03 Å². The van der Waals surface area contributed by atoms with Crippen LogP contribution in [0, 0.1) is 29.1 Å². The number of rotatable bonds is 2. The molecule has 4 aliphatic rings. The molecule has 4 nitrogen and oxygen atoms in total. The van der Waals surface area contributed by atoms with Crippen molar-refractivity contribution in [2.24, 2.45) is 17.8 Å². The zero-order chi connectivity index (χ0) is 11.9. The molecule has 0 radical (unpaired) electrons. The van der Waals surface area contributed by atoms with Crippen LogP contribution >= 0.6 is 0 Å². The van der Waals surface area contributed by atoms with Gasteiger partial charge in [0.15, 0.2) is 0 Å². The highest BCUT2D eigenvalue weighted by Crippen LogP contribution is 2.55. The third kappa shape index (κ3) is 1.99. The molecule has 0 aliphatic heterocycles. The van der Waals surface area contributed by atoms with E-state index in [1.807, 2.05) is 6.07 Å². The van der Waals surface area contributed by atoms with Crippen molar-refractivity contribution in [1.82, 2.24) is 10.6 Å². The molecular formula is C13H19N3O. The van der Waals surface area contributed by atoms with E-state index in [1.54, 1.807) is 0 Å². The summed E-state index contributed by atoms with van der Waals surface area (Å²) in [5.41, 5.74) is 0.0499. The fourth-order valence-electron chi connectivity index (χ4n) is 4.67. The van der Waals surface area contributed by atoms with Crippen LogP contribution in [0.15, 0.2) is 0 Å². The first-order valence-corrected chi connectivity index (χ1v) is 6.62. The second-order valence-electron chi connectivity index (χ2n) is 6.16. The van der Waals surface area contributed by atoms with E-state index in [1.165, 1.54) is 19.3 Å². The highest BCUT2D eigenvalue weighted by molar-refractivity contribution is 5.75. The smallest absolute Gasteiger partial charge is 0.316 e. The molecule has 0 spiro atoms. The molecule has 92 valence electrons. The molecule has 4 aliphatic carbocycles. The standard InChI is InChI=1S/C13H19N3O/c14-1-2-15-12(17)16-13-6-9-3-10(7-13)5-11(4-9)8-13/h9-11H,2-8H2,(H2,15,16,17). The Morgan fingerprint density at radius 3 is 2.18 bits per heavy atom. The van der Waals surface area contributed by atoms with Crippen LogP contribution in [0.3, 0.4) is 0 Å². The van der Waals surface area contributed by atoms with Crippen LogP contribution in [-0.4, -0.2) is 18.1 Å². The monoisotopic (exact) mass is 233 g/mol. The number of carbonyl (C=O) groups is 1. The van der Waals surface area contributed by atoms with Crippen molar-refractivity contribution in [2.45, 2.75) is 44.1 Å². The van der Waals surface area contributed by atoms with E-state index in [4.69, 9.17) is 5.26 Å². The van der Waals surface area contributed by atoms with Crippen LogP contribution in [0.4, 0.5) is 4.79 Å². The Labute approximate surface area is 102 Å². The number of nitrogens with zero attached hydrogens (tertiary/aromatic N) is 1. The number of hydrogen-bond donors (Lipinski definition) is 2. The van der Waals surface area contributed by atoms with Crippen LogP contribution in [0.1, 0.15) is 38.5 Å². The maximum absolute atomic E-state index is 11.7. The van der Waals surface area contributed by atoms with Crippen molar-refractivity contribution in [2.75, 3.05) is 6.54 Å². The quantitative estimate of drug-likeness (QED) is 0.714. The zero-order valence-corrected chi connectivity index (χ0v) is 10.0. The molecule has 4 bridgehead atoms. The third-order valence-electron chi connectivity index (χ3n) is 4.74. The first-order chi connectivity index (χ1) is 8.19. The normalized spacial score (nSPS) is 41.9. The fraction of sp³-hybridized carbons (Fsp3) is 0.846. The summed E-state index contributed by atoms with van der Waals surface area (Å²) >= 11 is 0. The lowest BCUT2D eigenvalue weighted by Crippen LogP contribution is -2.61. The van der Waals surface area contributed by atoms with E-state index in [0.717, 1.165) is 37.0 Å². The van der Waals surface area contributed by atoms with Gasteiger partial charge in [0.25, 0.3) is 0 Å². The van der Waals surface area contributed by atoms with Crippen LogP contribution in [-0.2, 0) is 0 Å². The van der Waals surface area contributed by atoms with E-state index >= 15 is 0 Å². The first kappa shape index (κ1) is 10.9. The predicted octanol–water partition coefficient (Wildman–Crippen LogP) is 1.78. The van der Waals surface area contributed by atoms with E-state index < -0.39 is 0 Å². The van der Waals surface area contributed by atoms with E-state index in [2.05, 4.69) is 10.6 Å². The number of amides is 2. The highest BCUT2D eigenvalue weighted by Gasteiger charge is 2.51. The minimum absolute atomic E-state index is 0.0499. The number of nitriles is 1. The summed E-state index contributed by atoms with van der Waals surface area (Å²) in [5.74, 6) is 2.49. The first-order valence-electron chi connectivity index (χ1n) is 6.62. The Morgan fingerprint density at radius 1 is 1.18 bits per heavy atom. The summed E-state index contributed by atoms with van der Waals surface area (Å²) < 4.78 is 0. The molecule has 4 heteroatoms. The van der Waals surface area contributed by atoms with Gasteiger partial charge in [-0.15, -0.1) is 0 Å². The summed E-state index contributed by atoms with van der Waals surface area (Å²) in [6, 6.07) is 1.78. The topological polar surface area (TPSA) is 64.9 Å². The second kappa shape index (κ2) is 3.90. The van der Waals surface area contributed by atoms with Crippen molar-refractivity contribution >= 4 is 6.03 Å². The Bertz CT molecular complexity index is 336. The maximum Gasteiger partial charge on any atom is 0.316 e. The summed E-state index contributed by atoms with van der Waals surface area (Å²) in [6.45, 7) is 0.0954. The van der Waals surface area contributed by atoms with Gasteiger partial charge < -0.3 is 10.6 Å². The predicted molar refractivity (Wildman–Crippen MR) is 63.1 cm³/mol. The van der Waals surface area contributed by atoms with E-state index in [-0.39, 0.29) is 18.1 Å². The number of carbonyl (C=O) groups excluding carboxylic acids is 1. The number of urea groups is 1. The molecule has 0 aromatic rings. The Balaban J connectivity index is 1.66. The summed E-state index contributed by atoms with van der Waals surface area (Å²) in [7, 11) is 0. The van der Waals surface area contributed by atoms with Crippen molar-refractivity contribution in [3.8, 4) is 6.07 Å². The average Bonchev–Trinajstić information content (AvgIpc) is 2.23. The molecule has 2 amide bonds. The summed E-state index contributed by atoms with van der Waals surface area (Å²) in [4.78, 5) is 11.7. The van der Waals surface area contributed by atoms with E-state index in [0.29, 0.717) is 0 Å². The Morgan fingerprint density at radius 2 is 1.71 bits per heavy atom. The summed E-state index contributed by atoms with van der Waals surface area (Å²) in [6.07, 6.45) is 7.58. The Kier molecular flexibility index (Phi) is 2.50. The van der Waals surface area contributed by atoms with Crippen LogP contribution < -0.4 is 10.6 Å². The molecule has 4 rings (SSSR count).